The second-order valence-electron chi connectivity index (χ2n) is 6.31. The monoisotopic (exact) mass is 409 g/mol. The minimum absolute atomic E-state index is 0.300. The van der Waals surface area contributed by atoms with Crippen molar-refractivity contribution in [3.8, 4) is 5.69 Å². The third-order valence-electron chi connectivity index (χ3n) is 4.36. The van der Waals surface area contributed by atoms with Crippen LogP contribution in [0.2, 0.25) is 0 Å². The predicted molar refractivity (Wildman–Crippen MR) is 111 cm³/mol. The quantitative estimate of drug-likeness (QED) is 0.457. The van der Waals surface area contributed by atoms with Gasteiger partial charge in [0.1, 0.15) is 4.21 Å². The number of rotatable bonds is 7. The maximum atomic E-state index is 13.2. The van der Waals surface area contributed by atoms with Crippen LogP contribution in [0, 0.1) is 0 Å². The van der Waals surface area contributed by atoms with Crippen molar-refractivity contribution in [2.45, 2.75) is 17.3 Å². The van der Waals surface area contributed by atoms with Gasteiger partial charge in [-0.1, -0.05) is 48.5 Å². The minimum Gasteiger partial charge on any atom is -0.241 e. The van der Waals surface area contributed by atoms with Gasteiger partial charge in [0.05, 0.1) is 5.69 Å². The average molecular weight is 410 g/mol. The van der Waals surface area contributed by atoms with E-state index < -0.39 is 10.0 Å². The molecule has 0 fully saturated rings. The van der Waals surface area contributed by atoms with Crippen LogP contribution < -0.4 is 0 Å². The molecule has 0 spiro atoms. The SMILES string of the molecule is O=S(=O)(c1cccs1)N(Cc1ccccc1)Cc1ccc(-n2cccn2)cc1. The zero-order chi connectivity index (χ0) is 19.4. The van der Waals surface area contributed by atoms with E-state index in [1.165, 1.54) is 15.6 Å². The van der Waals surface area contributed by atoms with Gasteiger partial charge in [-0.3, -0.25) is 0 Å². The summed E-state index contributed by atoms with van der Waals surface area (Å²) >= 11 is 1.24. The molecule has 5 nitrogen and oxygen atoms in total. The molecule has 0 bridgehead atoms. The van der Waals surface area contributed by atoms with E-state index in [1.54, 1.807) is 28.4 Å². The van der Waals surface area contributed by atoms with Crippen molar-refractivity contribution < 1.29 is 8.42 Å². The Balaban J connectivity index is 1.62. The second-order valence-corrected chi connectivity index (χ2v) is 9.42. The zero-order valence-electron chi connectivity index (χ0n) is 15.0. The first kappa shape index (κ1) is 18.6. The van der Waals surface area contributed by atoms with Gasteiger partial charge < -0.3 is 0 Å². The van der Waals surface area contributed by atoms with Crippen molar-refractivity contribution in [2.75, 3.05) is 0 Å². The van der Waals surface area contributed by atoms with Crippen molar-refractivity contribution >= 4 is 21.4 Å². The molecule has 0 N–H and O–H groups in total. The van der Waals surface area contributed by atoms with Crippen LogP contribution in [-0.2, 0) is 23.1 Å². The molecular formula is C21H19N3O2S2. The van der Waals surface area contributed by atoms with Crippen LogP contribution in [0.15, 0.2) is 94.8 Å². The molecule has 0 unspecified atom stereocenters. The molecule has 28 heavy (non-hydrogen) atoms. The first-order chi connectivity index (χ1) is 13.6. The maximum Gasteiger partial charge on any atom is 0.253 e. The number of hydrogen-bond acceptors (Lipinski definition) is 4. The molecule has 0 saturated carbocycles. The first-order valence-corrected chi connectivity index (χ1v) is 11.1. The highest BCUT2D eigenvalue weighted by Gasteiger charge is 2.25. The van der Waals surface area contributed by atoms with Gasteiger partial charge in [-0.15, -0.1) is 11.3 Å². The summed E-state index contributed by atoms with van der Waals surface area (Å²) in [7, 11) is -3.57. The number of sulfonamides is 1. The van der Waals surface area contributed by atoms with Crippen molar-refractivity contribution in [3.63, 3.8) is 0 Å². The molecule has 0 amide bonds. The third kappa shape index (κ3) is 4.06. The number of nitrogens with zero attached hydrogens (tertiary/aromatic N) is 3. The lowest BCUT2D eigenvalue weighted by Gasteiger charge is -2.22. The molecule has 2 aromatic heterocycles. The van der Waals surface area contributed by atoms with Crippen LogP contribution in [0.1, 0.15) is 11.1 Å². The van der Waals surface area contributed by atoms with Crippen LogP contribution in [0.3, 0.4) is 0 Å². The summed E-state index contributed by atoms with van der Waals surface area (Å²) in [5.74, 6) is 0. The molecule has 7 heteroatoms. The number of benzene rings is 2. The normalized spacial score (nSPS) is 11.8. The molecule has 2 heterocycles. The molecule has 0 radical (unpaired) electrons. The Kier molecular flexibility index (Phi) is 5.38. The van der Waals surface area contributed by atoms with Gasteiger partial charge in [0.2, 0.25) is 0 Å². The van der Waals surface area contributed by atoms with Crippen molar-refractivity contribution in [2.24, 2.45) is 0 Å². The molecule has 4 rings (SSSR count). The summed E-state index contributed by atoms with van der Waals surface area (Å²) in [6.45, 7) is 0.622. The average Bonchev–Trinajstić information content (AvgIpc) is 3.43. The van der Waals surface area contributed by atoms with E-state index in [0.717, 1.165) is 16.8 Å². The fourth-order valence-electron chi connectivity index (χ4n) is 2.93. The molecular weight excluding hydrogens is 390 g/mol. The van der Waals surface area contributed by atoms with Crippen LogP contribution in [-0.4, -0.2) is 22.5 Å². The van der Waals surface area contributed by atoms with E-state index in [9.17, 15) is 8.42 Å². The molecule has 0 aliphatic rings. The molecule has 0 aliphatic carbocycles. The Morgan fingerprint density at radius 2 is 1.57 bits per heavy atom. The van der Waals surface area contributed by atoms with Crippen molar-refractivity contribution in [1.82, 2.24) is 14.1 Å². The minimum atomic E-state index is -3.57. The molecule has 2 aromatic carbocycles. The van der Waals surface area contributed by atoms with Gasteiger partial charge in [0.15, 0.2) is 0 Å². The van der Waals surface area contributed by atoms with Crippen LogP contribution >= 0.6 is 11.3 Å². The van der Waals surface area contributed by atoms with Gasteiger partial charge in [0, 0.05) is 25.5 Å². The van der Waals surface area contributed by atoms with E-state index in [2.05, 4.69) is 5.10 Å². The van der Waals surface area contributed by atoms with Crippen LogP contribution in [0.4, 0.5) is 0 Å². The van der Waals surface area contributed by atoms with Gasteiger partial charge in [-0.2, -0.15) is 9.40 Å². The Bertz CT molecular complexity index is 1110. The highest BCUT2D eigenvalue weighted by Crippen LogP contribution is 2.25. The smallest absolute Gasteiger partial charge is 0.241 e. The van der Waals surface area contributed by atoms with Crippen LogP contribution in [0.25, 0.3) is 5.69 Å². The fourth-order valence-corrected chi connectivity index (χ4v) is 5.49. The Morgan fingerprint density at radius 1 is 0.857 bits per heavy atom. The lowest BCUT2D eigenvalue weighted by atomic mass is 10.2. The summed E-state index contributed by atoms with van der Waals surface area (Å²) in [5.41, 5.74) is 2.81. The van der Waals surface area contributed by atoms with E-state index in [4.69, 9.17) is 0 Å². The lowest BCUT2D eigenvalue weighted by molar-refractivity contribution is 0.402. The van der Waals surface area contributed by atoms with E-state index in [-0.39, 0.29) is 0 Å². The lowest BCUT2D eigenvalue weighted by Crippen LogP contribution is -2.29. The number of aromatic nitrogens is 2. The van der Waals surface area contributed by atoms with Gasteiger partial charge in [-0.05, 0) is 40.8 Å². The van der Waals surface area contributed by atoms with Gasteiger partial charge >= 0.3 is 0 Å². The number of thiophene rings is 1. The van der Waals surface area contributed by atoms with E-state index in [1.807, 2.05) is 66.9 Å². The first-order valence-electron chi connectivity index (χ1n) is 8.79. The van der Waals surface area contributed by atoms with Gasteiger partial charge in [-0.25, -0.2) is 13.1 Å². The Morgan fingerprint density at radius 3 is 2.18 bits per heavy atom. The van der Waals surface area contributed by atoms with E-state index >= 15 is 0 Å². The largest absolute Gasteiger partial charge is 0.253 e. The molecule has 142 valence electrons. The molecule has 0 saturated heterocycles. The Labute approximate surface area is 168 Å². The molecule has 0 atom stereocenters. The predicted octanol–water partition coefficient (Wildman–Crippen LogP) is 4.32. The summed E-state index contributed by atoms with van der Waals surface area (Å²) < 4.78 is 30.0. The second kappa shape index (κ2) is 8.10. The Hall–Kier alpha value is -2.74. The number of hydrogen-bond donors (Lipinski definition) is 0. The highest BCUT2D eigenvalue weighted by molar-refractivity contribution is 7.91. The van der Waals surface area contributed by atoms with Gasteiger partial charge in [0.25, 0.3) is 10.0 Å². The maximum absolute atomic E-state index is 13.2. The van der Waals surface area contributed by atoms with Crippen molar-refractivity contribution in [3.05, 3.63) is 102 Å². The van der Waals surface area contributed by atoms with Crippen molar-refractivity contribution in [1.29, 1.82) is 0 Å². The standard InChI is InChI=1S/C21H19N3O2S2/c25-28(26,21-8-4-15-27-21)23(16-18-6-2-1-3-7-18)17-19-9-11-20(12-10-19)24-14-5-13-22-24/h1-15H,16-17H2. The van der Waals surface area contributed by atoms with E-state index in [0.29, 0.717) is 17.3 Å². The topological polar surface area (TPSA) is 55.2 Å². The summed E-state index contributed by atoms with van der Waals surface area (Å²) in [6, 6.07) is 22.7. The molecule has 4 aromatic rings. The summed E-state index contributed by atoms with van der Waals surface area (Å²) in [6.07, 6.45) is 3.60. The summed E-state index contributed by atoms with van der Waals surface area (Å²) in [5, 5.41) is 6.00. The zero-order valence-corrected chi connectivity index (χ0v) is 16.7. The fraction of sp³-hybridized carbons (Fsp3) is 0.0952. The highest BCUT2D eigenvalue weighted by atomic mass is 32.2. The van der Waals surface area contributed by atoms with Crippen LogP contribution in [0.5, 0.6) is 0 Å². The summed E-state index contributed by atoms with van der Waals surface area (Å²) in [4.78, 5) is 0. The molecule has 0 aliphatic heterocycles. The third-order valence-corrected chi connectivity index (χ3v) is 7.52.